The molecule has 8 aromatic carbocycles. The Morgan fingerprint density at radius 2 is 0.716 bits per heavy atom. The Labute approximate surface area is 622 Å². The molecule has 0 unspecified atom stereocenters. The lowest BCUT2D eigenvalue weighted by Crippen LogP contribution is -2.52. The van der Waals surface area contributed by atoms with Gasteiger partial charge in [-0.2, -0.15) is 0 Å². The van der Waals surface area contributed by atoms with Crippen molar-refractivity contribution in [3.63, 3.8) is 0 Å². The van der Waals surface area contributed by atoms with Crippen LogP contribution in [0.3, 0.4) is 0 Å². The van der Waals surface area contributed by atoms with E-state index in [1.165, 1.54) is 7.06 Å². The van der Waals surface area contributed by atoms with E-state index in [0.717, 1.165) is 9.13 Å². The van der Waals surface area contributed by atoms with Crippen LogP contribution in [0.5, 0.6) is 0 Å². The van der Waals surface area contributed by atoms with Gasteiger partial charge in [0.25, 0.3) is 0 Å². The van der Waals surface area contributed by atoms with Crippen LogP contribution in [-0.2, 0) is 27.9 Å². The van der Waals surface area contributed by atoms with E-state index in [1.54, 1.807) is 27.7 Å². The molecular weight excluding hydrogens is 1220 g/mol. The number of furan rings is 2. The van der Waals surface area contributed by atoms with Gasteiger partial charge < -0.3 is 45.9 Å². The minimum Gasteiger partial charge on any atom is -0.454 e. The van der Waals surface area contributed by atoms with E-state index in [2.05, 4.69) is 15.9 Å². The number of fused-ring (bicyclic) bond motifs is 14. The SMILES string of the molecule is CC1(C)OB(B2OC(C)(C)C(C)(C)O2)OC1(C)C.[2H]c1c([2H])c(-n2c3c([2H])c([2H])c([2H])c([2H])c3c3c([2H])c([2H])c4c(oc5c([2H])c([2H])c([2H])c([2H])c54)c32)c([2H])c([2H])c1B1OC(C)(C)C(C)(C)O1.[2H]c1c([2H])c(-n2c3c([2H])c([2H])c([2H])c([2H])c3c3c([2H])c([2H])c4c(oc5c([2H])c([2H])c([2H])c([2H])c54)c32)c([2H])c([2H])c1Br.[B]B([B])B([B])B([B])[B].[B][B]B([B])B([B])[B]. The van der Waals surface area contributed by atoms with Gasteiger partial charge in [0.05, 0.1) is 94.1 Å². The maximum Gasteiger partial charge on any atom is 0.494 e. The molecule has 3 aliphatic rings. The minimum absolute atomic E-state index is 0.147. The highest BCUT2D eigenvalue weighted by molar-refractivity contribution is 9.10. The zero-order chi connectivity index (χ0) is 92.9. The Bertz CT molecular complexity index is 6310. The Hall–Kier alpha value is -5.63. The van der Waals surface area contributed by atoms with Crippen molar-refractivity contribution in [3.05, 3.63) is 174 Å². The van der Waals surface area contributed by atoms with Crippen LogP contribution in [0.15, 0.2) is 182 Å². The summed E-state index contributed by atoms with van der Waals surface area (Å²) in [6.45, 7) is 23.3. The quantitative estimate of drug-likeness (QED) is 0.139. The van der Waals surface area contributed by atoms with Gasteiger partial charge in [0.1, 0.15) is 11.2 Å². The van der Waals surface area contributed by atoms with Crippen molar-refractivity contribution in [1.82, 2.24) is 9.13 Å². The van der Waals surface area contributed by atoms with E-state index in [4.69, 9.17) is 142 Å². The third-order valence-corrected chi connectivity index (χ3v) is 17.8. The maximum atomic E-state index is 9.18. The Kier molecular flexibility index (Phi) is 12.3. The van der Waals surface area contributed by atoms with Gasteiger partial charge in [-0.1, -0.05) is 113 Å². The van der Waals surface area contributed by atoms with Gasteiger partial charge in [-0.25, -0.2) is 0 Å². The predicted molar refractivity (Wildman–Crippen MR) is 418 cm³/mol. The highest BCUT2D eigenvalue weighted by atomic mass is 79.9. The summed E-state index contributed by atoms with van der Waals surface area (Å²) >= 11 is 3.04. The fourth-order valence-electron chi connectivity index (χ4n) is 9.87. The second-order valence-corrected chi connectivity index (χ2v) is 26.2. The smallest absolute Gasteiger partial charge is 0.454 e. The summed E-state index contributed by atoms with van der Waals surface area (Å²) in [6, 6.07) is -16.5. The molecule has 447 valence electrons. The van der Waals surface area contributed by atoms with Crippen LogP contribution in [0, 0.1) is 0 Å². The average molecular weight is 1320 g/mol. The summed E-state index contributed by atoms with van der Waals surface area (Å²) in [5.74, 6) is 0. The number of rotatable bonds is 8. The van der Waals surface area contributed by atoms with Crippen molar-refractivity contribution in [2.75, 3.05) is 0 Å². The molecule has 10 nitrogen and oxygen atoms in total. The summed E-state index contributed by atoms with van der Waals surface area (Å²) in [5, 5.41) is -1.76. The van der Waals surface area contributed by atoms with E-state index < -0.39 is 238 Å². The lowest BCUT2D eigenvalue weighted by atomic mass is 8.68. The normalized spacial score (nSPS) is 21.2. The summed E-state index contributed by atoms with van der Waals surface area (Å²) in [5.41, 5.74) is -6.66. The molecule has 0 atom stereocenters. The average Bonchev–Trinajstić information content (AvgIpc) is 1.53. The highest BCUT2D eigenvalue weighted by Gasteiger charge is 2.64. The number of hydrogen-bond acceptors (Lipinski definition) is 8. The lowest BCUT2D eigenvalue weighted by Gasteiger charge is -2.32. The summed E-state index contributed by atoms with van der Waals surface area (Å²) in [4.78, 5) is 0. The van der Waals surface area contributed by atoms with Crippen LogP contribution >= 0.6 is 15.9 Å². The lowest BCUT2D eigenvalue weighted by molar-refractivity contribution is 0.00578. The first-order valence-electron chi connectivity index (χ1n) is 43.7. The van der Waals surface area contributed by atoms with E-state index in [9.17, 15) is 2.74 Å². The second-order valence-electron chi connectivity index (χ2n) is 25.4. The topological polar surface area (TPSA) is 91.5 Å². The third-order valence-electron chi connectivity index (χ3n) is 17.4. The van der Waals surface area contributed by atoms with Crippen molar-refractivity contribution in [3.8, 4) is 11.4 Å². The molecule has 0 amide bonds. The molecule has 0 bridgehead atoms. The van der Waals surface area contributed by atoms with Gasteiger partial charge in [-0.15, -0.1) is 0 Å². The molecule has 3 fully saturated rings. The summed E-state index contributed by atoms with van der Waals surface area (Å²) in [7, 11) is 45.1. The highest BCUT2D eigenvalue weighted by Crippen LogP contribution is 2.45. The number of nitrogens with zero attached hydrogens (tertiary/aromatic N) is 2. The van der Waals surface area contributed by atoms with Crippen LogP contribution < -0.4 is 5.46 Å². The fraction of sp³-hybridized carbons (Fsp3) is 0.273. The zero-order valence-electron chi connectivity index (χ0n) is 81.9. The molecular formula is C66H64B18BrN2O8. The van der Waals surface area contributed by atoms with Gasteiger partial charge >= 0.3 is 21.1 Å². The van der Waals surface area contributed by atoms with E-state index in [1.807, 2.05) is 55.4 Å². The molecule has 12 aromatic rings. The van der Waals surface area contributed by atoms with Gasteiger partial charge in [-0.05, 0) is 161 Å². The first kappa shape index (κ1) is 43.0. The number of halogens is 1. The van der Waals surface area contributed by atoms with Gasteiger partial charge in [0, 0.05) is 168 Å². The number of para-hydroxylation sites is 4. The molecule has 0 spiro atoms. The van der Waals surface area contributed by atoms with E-state index in [-0.39, 0.29) is 126 Å². The molecule has 15 rings (SSSR count). The Morgan fingerprint density at radius 3 is 1.05 bits per heavy atom. The van der Waals surface area contributed by atoms with Crippen LogP contribution in [-0.4, -0.2) is 172 Å². The molecule has 0 saturated carbocycles. The fourth-order valence-corrected chi connectivity index (χ4v) is 10.1. The Morgan fingerprint density at radius 1 is 0.389 bits per heavy atom. The maximum absolute atomic E-state index is 9.18. The zero-order valence-corrected chi connectivity index (χ0v) is 55.5. The van der Waals surface area contributed by atoms with Crippen molar-refractivity contribution in [2.24, 2.45) is 0 Å². The van der Waals surface area contributed by atoms with Crippen LogP contribution in [0.1, 0.15) is 121 Å². The number of benzene rings is 8. The van der Waals surface area contributed by atoms with Gasteiger partial charge in [-0.3, -0.25) is 0 Å². The summed E-state index contributed by atoms with van der Waals surface area (Å²) in [6.07, 6.45) is -2.70. The predicted octanol–water partition coefficient (Wildman–Crippen LogP) is 11.0. The van der Waals surface area contributed by atoms with Crippen molar-refractivity contribution < 1.29 is 75.1 Å². The first-order chi connectivity index (χ1) is 56.4. The van der Waals surface area contributed by atoms with Crippen molar-refractivity contribution in [1.29, 1.82) is 0 Å². The molecule has 3 aliphatic heterocycles. The molecule has 0 N–H and O–H groups in total. The van der Waals surface area contributed by atoms with Crippen LogP contribution in [0.4, 0.5) is 0 Å². The van der Waals surface area contributed by atoms with Gasteiger partial charge in [0.2, 0.25) is 0 Å². The molecule has 95 heavy (non-hydrogen) atoms. The van der Waals surface area contributed by atoms with Crippen molar-refractivity contribution in [2.45, 2.75) is 117 Å². The van der Waals surface area contributed by atoms with E-state index >= 15 is 0 Å². The molecule has 0 aliphatic carbocycles. The first-order valence-corrected chi connectivity index (χ1v) is 30.5. The number of hydrogen-bond donors (Lipinski definition) is 0. The van der Waals surface area contributed by atoms with Gasteiger partial charge in [0.15, 0.2) is 11.2 Å². The number of aromatic nitrogens is 2. The Balaban J connectivity index is 0.000000177. The van der Waals surface area contributed by atoms with E-state index in [0.29, 0.717) is 0 Å². The van der Waals surface area contributed by atoms with Crippen molar-refractivity contribution >= 4 is 239 Å². The minimum atomic E-state index is -1.29. The largest absolute Gasteiger partial charge is 0.494 e. The molecule has 4 aromatic heterocycles. The third kappa shape index (κ3) is 13.7. The standard InChI is InChI=1S/C30H26BNO3.C24H14BrNO.C12H24B2O4.B8.B7/c1-29(2)30(3,4)35-31(34-29)19-13-15-20(16-14-19)32-25-11-7-5-9-21(25)23-17-18-24-22-10-6-8-12-26(22)33-28(24)27(23)32;25-15-9-11-16(12-10-15)26-21-7-3-1-5-17(21)19-13-14-20-18-6-2-4-8-22(18)27-24(20)23(19)26;1-9(2)10(3,4)16-13(15-9)14-17-11(5,6)12(7,8)18-14;1-6(2)8(5)7(3)4;1-5-7(4)6(2)3/h5-18H,1-4H3;1-14H;1-8H3;;/i5D,6D,7D,8D,9D,10D,11D,12D,13D,14D,15D,16D,17D,18D;1D,2D,3D,4D,5D,6D,7D,8D,9D,10D,11D,12D,13D,14D;;;. The summed E-state index contributed by atoms with van der Waals surface area (Å²) < 4.78 is 291. The second kappa shape index (κ2) is 27.2. The molecule has 19 radical (unpaired) electrons. The van der Waals surface area contributed by atoms with Crippen LogP contribution in [0.2, 0.25) is 0 Å². The van der Waals surface area contributed by atoms with Crippen LogP contribution in [0.25, 0.3) is 98.9 Å². The molecule has 3 saturated heterocycles. The molecule has 7 heterocycles. The monoisotopic (exact) mass is 1320 g/mol. The molecule has 29 heteroatoms.